The standard InChI is InChI=1S/C12H20N4O/c1-8-6-10(16-15-8)12(17)14-11(7-13)9-4-2-3-5-9/h6,9,11H,2-5,7,13H2,1H3,(H,14,17)(H,15,16). The number of aromatic amines is 1. The molecule has 0 radical (unpaired) electrons. The van der Waals surface area contributed by atoms with Crippen LogP contribution in [-0.4, -0.2) is 28.7 Å². The van der Waals surface area contributed by atoms with Crippen LogP contribution in [0.4, 0.5) is 0 Å². The summed E-state index contributed by atoms with van der Waals surface area (Å²) in [6.07, 6.45) is 4.83. The van der Waals surface area contributed by atoms with E-state index in [0.717, 1.165) is 5.69 Å². The Balaban J connectivity index is 1.96. The number of nitrogens with two attached hydrogens (primary N) is 1. The minimum atomic E-state index is -0.128. The SMILES string of the molecule is Cc1cc(C(=O)NC(CN)C2CCCC2)n[nH]1. The summed E-state index contributed by atoms with van der Waals surface area (Å²) in [5, 5.41) is 9.71. The number of carbonyl (C=O) groups is 1. The lowest BCUT2D eigenvalue weighted by Gasteiger charge is -2.22. The molecule has 1 amide bonds. The van der Waals surface area contributed by atoms with Gasteiger partial charge in [0.2, 0.25) is 0 Å². The van der Waals surface area contributed by atoms with Crippen molar-refractivity contribution in [3.05, 3.63) is 17.5 Å². The number of hydrogen-bond donors (Lipinski definition) is 3. The minimum Gasteiger partial charge on any atom is -0.346 e. The van der Waals surface area contributed by atoms with Crippen molar-refractivity contribution in [1.29, 1.82) is 0 Å². The van der Waals surface area contributed by atoms with Crippen LogP contribution < -0.4 is 11.1 Å². The molecule has 2 rings (SSSR count). The molecule has 17 heavy (non-hydrogen) atoms. The molecule has 4 N–H and O–H groups in total. The number of aromatic nitrogens is 2. The lowest BCUT2D eigenvalue weighted by molar-refractivity contribution is 0.0919. The van der Waals surface area contributed by atoms with E-state index < -0.39 is 0 Å². The van der Waals surface area contributed by atoms with Gasteiger partial charge in [0.25, 0.3) is 5.91 Å². The average molecular weight is 236 g/mol. The first-order valence-corrected chi connectivity index (χ1v) is 6.23. The summed E-state index contributed by atoms with van der Waals surface area (Å²) < 4.78 is 0. The number of H-pyrrole nitrogens is 1. The molecule has 0 aliphatic heterocycles. The summed E-state index contributed by atoms with van der Waals surface area (Å²) in [6, 6.07) is 1.83. The fourth-order valence-corrected chi connectivity index (χ4v) is 2.51. The Morgan fingerprint density at radius 2 is 2.35 bits per heavy atom. The summed E-state index contributed by atoms with van der Waals surface area (Å²) in [4.78, 5) is 11.9. The van der Waals surface area contributed by atoms with Gasteiger partial charge in [0.15, 0.2) is 0 Å². The Morgan fingerprint density at radius 3 is 2.88 bits per heavy atom. The predicted octanol–water partition coefficient (Wildman–Crippen LogP) is 0.965. The van der Waals surface area contributed by atoms with Gasteiger partial charge in [0, 0.05) is 18.3 Å². The molecule has 0 bridgehead atoms. The summed E-state index contributed by atoms with van der Waals surface area (Å²) in [7, 11) is 0. The highest BCUT2D eigenvalue weighted by Gasteiger charge is 2.26. The number of carbonyl (C=O) groups excluding carboxylic acids is 1. The zero-order chi connectivity index (χ0) is 12.3. The molecule has 1 aromatic rings. The van der Waals surface area contributed by atoms with Crippen LogP contribution >= 0.6 is 0 Å². The number of nitrogens with one attached hydrogen (secondary N) is 2. The van der Waals surface area contributed by atoms with Crippen LogP contribution in [0.5, 0.6) is 0 Å². The van der Waals surface area contributed by atoms with E-state index in [-0.39, 0.29) is 11.9 Å². The van der Waals surface area contributed by atoms with E-state index in [1.807, 2.05) is 6.92 Å². The van der Waals surface area contributed by atoms with Gasteiger partial charge in [-0.1, -0.05) is 12.8 Å². The van der Waals surface area contributed by atoms with Crippen molar-refractivity contribution in [2.24, 2.45) is 11.7 Å². The zero-order valence-corrected chi connectivity index (χ0v) is 10.2. The van der Waals surface area contributed by atoms with E-state index >= 15 is 0 Å². The quantitative estimate of drug-likeness (QED) is 0.728. The Bertz CT molecular complexity index is 382. The van der Waals surface area contributed by atoms with Gasteiger partial charge >= 0.3 is 0 Å². The third kappa shape index (κ3) is 2.85. The van der Waals surface area contributed by atoms with E-state index in [4.69, 9.17) is 5.73 Å². The Morgan fingerprint density at radius 1 is 1.65 bits per heavy atom. The third-order valence-electron chi connectivity index (χ3n) is 3.48. The summed E-state index contributed by atoms with van der Waals surface area (Å²) in [6.45, 7) is 2.38. The van der Waals surface area contributed by atoms with Gasteiger partial charge < -0.3 is 11.1 Å². The predicted molar refractivity (Wildman–Crippen MR) is 65.6 cm³/mol. The van der Waals surface area contributed by atoms with E-state index in [1.54, 1.807) is 6.07 Å². The maximum Gasteiger partial charge on any atom is 0.272 e. The second kappa shape index (κ2) is 5.31. The maximum absolute atomic E-state index is 11.9. The van der Waals surface area contributed by atoms with Gasteiger partial charge in [-0.05, 0) is 31.7 Å². The molecule has 94 valence electrons. The highest BCUT2D eigenvalue weighted by molar-refractivity contribution is 5.92. The first kappa shape index (κ1) is 12.1. The van der Waals surface area contributed by atoms with Gasteiger partial charge in [0.05, 0.1) is 0 Å². The molecule has 1 atom stereocenters. The minimum absolute atomic E-state index is 0.0852. The van der Waals surface area contributed by atoms with Crippen molar-refractivity contribution < 1.29 is 4.79 Å². The first-order valence-electron chi connectivity index (χ1n) is 6.23. The summed E-state index contributed by atoms with van der Waals surface area (Å²) >= 11 is 0. The monoisotopic (exact) mass is 236 g/mol. The molecule has 1 aromatic heterocycles. The molecule has 1 fully saturated rings. The van der Waals surface area contributed by atoms with Gasteiger partial charge in [-0.15, -0.1) is 0 Å². The number of hydrogen-bond acceptors (Lipinski definition) is 3. The molecule has 5 nitrogen and oxygen atoms in total. The fourth-order valence-electron chi connectivity index (χ4n) is 2.51. The second-order valence-electron chi connectivity index (χ2n) is 4.80. The Hall–Kier alpha value is -1.36. The van der Waals surface area contributed by atoms with Gasteiger partial charge in [-0.25, -0.2) is 0 Å². The van der Waals surface area contributed by atoms with Gasteiger partial charge in [-0.2, -0.15) is 5.10 Å². The Labute approximate surface area is 101 Å². The molecule has 5 heteroatoms. The van der Waals surface area contributed by atoms with Crippen LogP contribution in [0.3, 0.4) is 0 Å². The highest BCUT2D eigenvalue weighted by atomic mass is 16.2. The van der Waals surface area contributed by atoms with Crippen molar-refractivity contribution in [1.82, 2.24) is 15.5 Å². The van der Waals surface area contributed by atoms with Crippen molar-refractivity contribution in [2.75, 3.05) is 6.54 Å². The van der Waals surface area contributed by atoms with E-state index in [0.29, 0.717) is 18.2 Å². The molecule has 0 spiro atoms. The largest absolute Gasteiger partial charge is 0.346 e. The average Bonchev–Trinajstić information content (AvgIpc) is 2.96. The lowest BCUT2D eigenvalue weighted by Crippen LogP contribution is -2.44. The van der Waals surface area contributed by atoms with Crippen LogP contribution in [0.2, 0.25) is 0 Å². The number of rotatable bonds is 4. The molecule has 1 heterocycles. The van der Waals surface area contributed by atoms with Crippen LogP contribution in [0, 0.1) is 12.8 Å². The lowest BCUT2D eigenvalue weighted by atomic mass is 9.98. The van der Waals surface area contributed by atoms with Crippen LogP contribution in [0.25, 0.3) is 0 Å². The third-order valence-corrected chi connectivity index (χ3v) is 3.48. The molecular weight excluding hydrogens is 216 g/mol. The molecule has 1 aliphatic rings. The number of aryl methyl sites for hydroxylation is 1. The first-order chi connectivity index (χ1) is 8.20. The summed E-state index contributed by atoms with van der Waals surface area (Å²) in [5.41, 5.74) is 7.07. The van der Waals surface area contributed by atoms with Gasteiger partial charge in [-0.3, -0.25) is 9.89 Å². The van der Waals surface area contributed by atoms with Crippen LogP contribution in [-0.2, 0) is 0 Å². The smallest absolute Gasteiger partial charge is 0.272 e. The van der Waals surface area contributed by atoms with E-state index in [2.05, 4.69) is 15.5 Å². The molecule has 0 saturated heterocycles. The Kier molecular flexibility index (Phi) is 3.78. The van der Waals surface area contributed by atoms with Crippen LogP contribution in [0.15, 0.2) is 6.07 Å². The molecule has 0 aromatic carbocycles. The molecule has 1 unspecified atom stereocenters. The van der Waals surface area contributed by atoms with Crippen molar-refractivity contribution >= 4 is 5.91 Å². The van der Waals surface area contributed by atoms with Crippen molar-refractivity contribution in [2.45, 2.75) is 38.6 Å². The van der Waals surface area contributed by atoms with Crippen LogP contribution in [0.1, 0.15) is 41.9 Å². The fraction of sp³-hybridized carbons (Fsp3) is 0.667. The topological polar surface area (TPSA) is 83.8 Å². The van der Waals surface area contributed by atoms with Gasteiger partial charge in [0.1, 0.15) is 5.69 Å². The van der Waals surface area contributed by atoms with Crippen molar-refractivity contribution in [3.63, 3.8) is 0 Å². The second-order valence-corrected chi connectivity index (χ2v) is 4.80. The van der Waals surface area contributed by atoms with E-state index in [9.17, 15) is 4.79 Å². The highest BCUT2D eigenvalue weighted by Crippen LogP contribution is 2.27. The maximum atomic E-state index is 11.9. The molecule has 1 aliphatic carbocycles. The zero-order valence-electron chi connectivity index (χ0n) is 10.2. The number of amides is 1. The molecular formula is C12H20N4O. The van der Waals surface area contributed by atoms with E-state index in [1.165, 1.54) is 25.7 Å². The van der Waals surface area contributed by atoms with Crippen molar-refractivity contribution in [3.8, 4) is 0 Å². The molecule has 1 saturated carbocycles. The number of nitrogens with zero attached hydrogens (tertiary/aromatic N) is 1. The summed E-state index contributed by atoms with van der Waals surface area (Å²) in [5.74, 6) is 0.403. The normalized spacial score (nSPS) is 18.2.